The Labute approximate surface area is 373 Å². The van der Waals surface area contributed by atoms with Crippen LogP contribution in [0.25, 0.3) is 0 Å². The van der Waals surface area contributed by atoms with E-state index in [1.807, 2.05) is 0 Å². The maximum Gasteiger partial charge on any atom is 0.694 e. The van der Waals surface area contributed by atoms with Gasteiger partial charge >= 0.3 is 14.2 Å². The molecule has 16 nitrogen and oxygen atoms in total. The number of unbranched alkanes of at least 4 members (excludes halogenated alkanes) is 23. The van der Waals surface area contributed by atoms with Crippen molar-refractivity contribution in [2.24, 2.45) is 11.5 Å². The van der Waals surface area contributed by atoms with E-state index in [9.17, 15) is 48.8 Å². The molecule has 17 heteroatoms. The lowest BCUT2D eigenvalue weighted by Gasteiger charge is -2.40. The van der Waals surface area contributed by atoms with Gasteiger partial charge in [-0.25, -0.2) is 0 Å². The molecule has 0 saturated heterocycles. The van der Waals surface area contributed by atoms with Crippen molar-refractivity contribution in [1.29, 1.82) is 0 Å². The van der Waals surface area contributed by atoms with E-state index in [-0.39, 0.29) is 26.0 Å². The van der Waals surface area contributed by atoms with Gasteiger partial charge in [0.25, 0.3) is 0 Å². The maximum atomic E-state index is 14.9. The summed E-state index contributed by atoms with van der Waals surface area (Å²) in [5.41, 5.74) is 8.46. The molecule has 0 bridgehead atoms. The molecule has 0 aromatic carbocycles. The smallest absolute Gasteiger partial charge is 0.480 e. The Hall–Kier alpha value is -2.43. The van der Waals surface area contributed by atoms with Crippen LogP contribution in [0, 0.1) is 0 Å². The quantitative estimate of drug-likeness (QED) is 0.0182. The zero-order valence-corrected chi connectivity index (χ0v) is 39.4. The lowest BCUT2D eigenvalue weighted by Crippen LogP contribution is -2.66. The summed E-state index contributed by atoms with van der Waals surface area (Å²) in [5.74, 6) is -5.53. The Morgan fingerprint density at radius 1 is 0.726 bits per heavy atom. The van der Waals surface area contributed by atoms with Gasteiger partial charge in [0.1, 0.15) is 24.9 Å². The number of hydrogen-bond donors (Lipinski definition) is 8. The molecular formula is C45H86N4O12P+. The Morgan fingerprint density at radius 2 is 1.16 bits per heavy atom. The fourth-order valence-corrected chi connectivity index (χ4v) is 7.83. The predicted octanol–water partition coefficient (Wildman–Crippen LogP) is 6.59. The first-order chi connectivity index (χ1) is 29.7. The number of carbonyl (C=O) groups excluding carboxylic acids is 4. The molecule has 0 spiro atoms. The number of nitrogens with one attached hydrogen (secondary N) is 2. The molecule has 0 aromatic heterocycles. The standard InChI is InChI=1S/C45H85N4O12P/c1-4-6-8-10-12-14-16-18-20-22-24-26-28-30-39(51)45(40(52)34-50,61-38(33-36(46)42(47)54)43(55)49-35(3)44(56)57)41(53)37(48-31-32-60-62(58)59)29-27-25-23-21-19-17-15-13-11-9-7-5-2/h35-38,40,48,50,52H,4-34,46H2,1-3H3,(H4-,47,49,54,55,56,57,58,59)/p+1/t35-,36?,37?,38?,40-,45-/m0/s1. The molecule has 0 aromatic rings. The number of primary amides is 1. The second-order valence-corrected chi connectivity index (χ2v) is 17.6. The van der Waals surface area contributed by atoms with Crippen molar-refractivity contribution in [2.45, 2.75) is 236 Å². The van der Waals surface area contributed by atoms with E-state index >= 15 is 0 Å². The molecule has 2 amide bonds. The number of rotatable bonds is 45. The number of aliphatic carboxylic acids is 1. The van der Waals surface area contributed by atoms with Gasteiger partial charge in [0, 0.05) is 24.0 Å². The molecule has 4 unspecified atom stereocenters. The number of ether oxygens (including phenoxy) is 1. The molecular weight excluding hydrogens is 819 g/mol. The molecule has 62 heavy (non-hydrogen) atoms. The second-order valence-electron chi connectivity index (χ2n) is 16.9. The van der Waals surface area contributed by atoms with E-state index in [1.54, 1.807) is 0 Å². The number of Topliss-reactive ketones (excluding diaryl/α,β-unsaturated/α-hetero) is 2. The third kappa shape index (κ3) is 27.0. The highest BCUT2D eigenvalue weighted by atomic mass is 31.1. The van der Waals surface area contributed by atoms with Crippen LogP contribution in [-0.4, -0.2) is 105 Å². The zero-order valence-electron chi connectivity index (χ0n) is 38.5. The topological polar surface area (TPSA) is 278 Å². The van der Waals surface area contributed by atoms with Crippen LogP contribution in [-0.2, 0) is 37.8 Å². The first kappa shape index (κ1) is 59.6. The largest absolute Gasteiger partial charge is 0.694 e. The summed E-state index contributed by atoms with van der Waals surface area (Å²) in [6.45, 7) is 4.01. The van der Waals surface area contributed by atoms with Crippen LogP contribution in [0.1, 0.15) is 201 Å². The summed E-state index contributed by atoms with van der Waals surface area (Å²) >= 11 is 0. The van der Waals surface area contributed by atoms with Crippen molar-refractivity contribution >= 4 is 37.6 Å². The minimum Gasteiger partial charge on any atom is -0.480 e. The Morgan fingerprint density at radius 3 is 1.56 bits per heavy atom. The second kappa shape index (κ2) is 37.9. The van der Waals surface area contributed by atoms with Gasteiger partial charge in [-0.05, 0) is 19.8 Å². The average molecular weight is 906 g/mol. The van der Waals surface area contributed by atoms with Crippen LogP contribution in [0.5, 0.6) is 0 Å². The summed E-state index contributed by atoms with van der Waals surface area (Å²) in [4.78, 5) is 76.0. The molecule has 0 aliphatic rings. The van der Waals surface area contributed by atoms with Gasteiger partial charge < -0.3 is 42.2 Å². The van der Waals surface area contributed by atoms with E-state index in [0.29, 0.717) is 19.3 Å². The first-order valence-corrected chi connectivity index (χ1v) is 25.0. The van der Waals surface area contributed by atoms with Crippen molar-refractivity contribution in [3.8, 4) is 0 Å². The molecule has 0 fully saturated rings. The maximum absolute atomic E-state index is 14.9. The fourth-order valence-electron chi connectivity index (χ4n) is 7.59. The summed E-state index contributed by atoms with van der Waals surface area (Å²) in [7, 11) is -2.95. The molecule has 362 valence electrons. The van der Waals surface area contributed by atoms with Crippen molar-refractivity contribution in [3.05, 3.63) is 0 Å². The van der Waals surface area contributed by atoms with Crippen LogP contribution in [0.3, 0.4) is 0 Å². The highest BCUT2D eigenvalue weighted by molar-refractivity contribution is 7.32. The van der Waals surface area contributed by atoms with Gasteiger partial charge in [0.15, 0.2) is 11.6 Å². The van der Waals surface area contributed by atoms with Gasteiger partial charge in [-0.2, -0.15) is 0 Å². The number of amides is 2. The number of aliphatic hydroxyl groups is 2. The molecule has 10 N–H and O–H groups in total. The van der Waals surface area contributed by atoms with Crippen LogP contribution in [0.2, 0.25) is 0 Å². The highest BCUT2D eigenvalue weighted by Crippen LogP contribution is 2.30. The molecule has 0 radical (unpaired) electrons. The Balaban J connectivity index is 6.35. The SMILES string of the molecule is CCCCCCCCCCCCCCCC(=O)[C@@](OC(CC(N)C(N)=O)C(=O)N[C@@H](C)C(=O)O)(C(=O)C(CCCCCCCCCCCCCC)NCCO[P+](=O)O)[C@@H](O)CO. The first-order valence-electron chi connectivity index (χ1n) is 23.8. The van der Waals surface area contributed by atoms with Crippen molar-refractivity contribution in [3.63, 3.8) is 0 Å². The van der Waals surface area contributed by atoms with Crippen LogP contribution >= 0.6 is 8.25 Å². The summed E-state index contributed by atoms with van der Waals surface area (Å²) in [6.07, 6.45) is 21.3. The Kier molecular flexibility index (Phi) is 36.4. The lowest BCUT2D eigenvalue weighted by atomic mass is 9.79. The number of nitrogens with two attached hydrogens (primary N) is 2. The fraction of sp³-hybridized carbons (Fsp3) is 0.889. The number of carboxylic acids is 1. The van der Waals surface area contributed by atoms with Crippen LogP contribution in [0.4, 0.5) is 0 Å². The van der Waals surface area contributed by atoms with E-state index in [1.165, 1.54) is 90.4 Å². The van der Waals surface area contributed by atoms with Gasteiger partial charge in [-0.1, -0.05) is 168 Å². The van der Waals surface area contributed by atoms with Crippen LogP contribution < -0.4 is 22.1 Å². The van der Waals surface area contributed by atoms with Gasteiger partial charge in [-0.3, -0.25) is 24.0 Å². The number of carbonyl (C=O) groups is 5. The van der Waals surface area contributed by atoms with Gasteiger partial charge in [-0.15, -0.1) is 9.42 Å². The van der Waals surface area contributed by atoms with Gasteiger partial charge in [0.2, 0.25) is 17.4 Å². The highest BCUT2D eigenvalue weighted by Gasteiger charge is 2.56. The minimum absolute atomic E-state index is 0.124. The van der Waals surface area contributed by atoms with Crippen LogP contribution in [0.15, 0.2) is 0 Å². The number of ketones is 2. The Bertz CT molecular complexity index is 1250. The zero-order chi connectivity index (χ0) is 46.6. The monoisotopic (exact) mass is 906 g/mol. The van der Waals surface area contributed by atoms with Gasteiger partial charge in [0.05, 0.1) is 18.7 Å². The summed E-state index contributed by atoms with van der Waals surface area (Å²) in [6, 6.07) is -4.25. The van der Waals surface area contributed by atoms with Crippen molar-refractivity contribution < 1.29 is 58.0 Å². The van der Waals surface area contributed by atoms with E-state index < -0.39 is 86.6 Å². The number of carboxylic acid groups (broad SMARTS) is 1. The normalized spacial score (nSPS) is 15.2. The molecule has 0 aliphatic heterocycles. The number of hydrogen-bond acceptors (Lipinski definition) is 12. The molecule has 0 heterocycles. The lowest BCUT2D eigenvalue weighted by molar-refractivity contribution is -0.192. The molecule has 7 atom stereocenters. The molecule has 0 rings (SSSR count). The average Bonchev–Trinajstić information content (AvgIpc) is 3.24. The third-order valence-corrected chi connectivity index (χ3v) is 11.9. The number of aliphatic hydroxyl groups excluding tert-OH is 2. The van der Waals surface area contributed by atoms with Crippen molar-refractivity contribution in [2.75, 3.05) is 19.8 Å². The summed E-state index contributed by atoms with van der Waals surface area (Å²) < 4.78 is 22.1. The molecule has 0 aliphatic carbocycles. The third-order valence-electron chi connectivity index (χ3n) is 11.5. The molecule has 0 saturated carbocycles. The van der Waals surface area contributed by atoms with Crippen molar-refractivity contribution in [1.82, 2.24) is 10.6 Å². The summed E-state index contributed by atoms with van der Waals surface area (Å²) in [5, 5.41) is 36.6. The predicted molar refractivity (Wildman–Crippen MR) is 241 cm³/mol. The van der Waals surface area contributed by atoms with E-state index in [4.69, 9.17) is 20.7 Å². The van der Waals surface area contributed by atoms with E-state index in [0.717, 1.165) is 57.8 Å². The minimum atomic E-state index is -2.95. The van der Waals surface area contributed by atoms with E-state index in [2.05, 4.69) is 24.5 Å².